The molecule has 2 saturated heterocycles. The van der Waals surface area contributed by atoms with Crippen LogP contribution in [0.25, 0.3) is 22.0 Å². The smallest absolute Gasteiger partial charge is 0.264 e. The van der Waals surface area contributed by atoms with Gasteiger partial charge in [-0.2, -0.15) is 5.10 Å². The number of ether oxygens (including phenoxy) is 1. The van der Waals surface area contributed by atoms with Gasteiger partial charge in [0.05, 0.1) is 41.7 Å². The first kappa shape index (κ1) is 37.2. The molecule has 4 aliphatic heterocycles. The molecule has 4 aliphatic rings. The number of rotatable bonds is 7. The van der Waals surface area contributed by atoms with Crippen molar-refractivity contribution in [3.63, 3.8) is 0 Å². The fourth-order valence-corrected chi connectivity index (χ4v) is 9.08. The maximum atomic E-state index is 15.1. The second-order valence-electron chi connectivity index (χ2n) is 15.5. The van der Waals surface area contributed by atoms with E-state index in [-0.39, 0.29) is 41.1 Å². The molecule has 298 valence electrons. The quantitative estimate of drug-likeness (QED) is 0.197. The van der Waals surface area contributed by atoms with E-state index in [0.717, 1.165) is 46.5 Å². The predicted molar refractivity (Wildman–Crippen MR) is 212 cm³/mol. The minimum absolute atomic E-state index is 0.0421. The van der Waals surface area contributed by atoms with E-state index in [1.165, 1.54) is 0 Å². The summed E-state index contributed by atoms with van der Waals surface area (Å²) in [6.45, 7) is 3.59. The standard InChI is InChI=1S/C43H41F2N7O6/c1-23-14-33-36(48(2)41(23)55)17-28(58-3)18-37(33)50-13-4-6-24-15-30(31(39(44)45)19-35(24)50)25-20-46-51(21-25)27-7-5-12-49(22-27)26-8-9-29-32(16-26)43(57)52(42(29)56)34-10-11-38(53)47-40(34)54/h8-9,14-21,27,34,39H,4-7,10-13,22H2,1-3H3,(H,47,53,54). The van der Waals surface area contributed by atoms with Gasteiger partial charge < -0.3 is 19.1 Å². The third-order valence-electron chi connectivity index (χ3n) is 12.1. The van der Waals surface area contributed by atoms with Crippen molar-refractivity contribution in [3.8, 4) is 16.9 Å². The van der Waals surface area contributed by atoms with Gasteiger partial charge >= 0.3 is 0 Å². The van der Waals surface area contributed by atoms with Crippen LogP contribution in [-0.4, -0.2) is 75.7 Å². The molecule has 2 atom stereocenters. The molecule has 0 spiro atoms. The molecule has 4 amide bonds. The highest BCUT2D eigenvalue weighted by Gasteiger charge is 2.45. The molecule has 13 nitrogen and oxygen atoms in total. The number of anilines is 3. The number of nitrogens with one attached hydrogen (secondary N) is 1. The first-order chi connectivity index (χ1) is 27.9. The molecule has 15 heteroatoms. The van der Waals surface area contributed by atoms with Gasteiger partial charge in [-0.15, -0.1) is 0 Å². The molecular formula is C43H41F2N7O6. The van der Waals surface area contributed by atoms with Crippen LogP contribution in [0.4, 0.5) is 25.8 Å². The number of carbonyl (C=O) groups is 4. The minimum Gasteiger partial charge on any atom is -0.497 e. The molecule has 58 heavy (non-hydrogen) atoms. The number of halogens is 2. The van der Waals surface area contributed by atoms with Crippen molar-refractivity contribution in [3.05, 3.63) is 99.1 Å². The first-order valence-electron chi connectivity index (χ1n) is 19.5. The molecule has 2 fully saturated rings. The zero-order chi connectivity index (χ0) is 40.6. The number of amides is 4. The zero-order valence-corrected chi connectivity index (χ0v) is 32.3. The fourth-order valence-electron chi connectivity index (χ4n) is 9.08. The summed E-state index contributed by atoms with van der Waals surface area (Å²) in [5.74, 6) is -1.66. The average Bonchev–Trinajstić information content (AvgIpc) is 3.81. The summed E-state index contributed by atoms with van der Waals surface area (Å²) in [4.78, 5) is 68.9. The number of hydrogen-bond donors (Lipinski definition) is 1. The van der Waals surface area contributed by atoms with Gasteiger partial charge in [0.15, 0.2) is 0 Å². The lowest BCUT2D eigenvalue weighted by Gasteiger charge is -2.34. The second kappa shape index (κ2) is 14.2. The van der Waals surface area contributed by atoms with Crippen LogP contribution in [-0.2, 0) is 23.1 Å². The number of methoxy groups -OCH3 is 1. The molecule has 2 aromatic heterocycles. The van der Waals surface area contributed by atoms with E-state index in [1.807, 2.05) is 35.1 Å². The van der Waals surface area contributed by atoms with Crippen LogP contribution in [0.3, 0.4) is 0 Å². The van der Waals surface area contributed by atoms with Crippen LogP contribution < -0.4 is 25.4 Å². The van der Waals surface area contributed by atoms with Crippen LogP contribution >= 0.6 is 0 Å². The summed E-state index contributed by atoms with van der Waals surface area (Å²) in [5, 5.41) is 7.72. The number of hydrogen-bond acceptors (Lipinski definition) is 9. The molecule has 0 aliphatic carbocycles. The van der Waals surface area contributed by atoms with E-state index >= 15 is 8.78 Å². The highest BCUT2D eigenvalue weighted by atomic mass is 19.3. The Morgan fingerprint density at radius 3 is 2.47 bits per heavy atom. The van der Waals surface area contributed by atoms with Gasteiger partial charge in [-0.25, -0.2) is 8.78 Å². The van der Waals surface area contributed by atoms with E-state index in [4.69, 9.17) is 4.74 Å². The van der Waals surface area contributed by atoms with Crippen molar-refractivity contribution in [2.24, 2.45) is 7.05 Å². The van der Waals surface area contributed by atoms with Crippen molar-refractivity contribution in [1.82, 2.24) is 24.6 Å². The number of imide groups is 2. The summed E-state index contributed by atoms with van der Waals surface area (Å²) in [6, 6.07) is 12.9. The van der Waals surface area contributed by atoms with E-state index < -0.39 is 36.1 Å². The normalized spacial score (nSPS) is 19.6. The number of fused-ring (bicyclic) bond motifs is 3. The van der Waals surface area contributed by atoms with Gasteiger partial charge in [0.2, 0.25) is 11.8 Å². The Labute approximate surface area is 331 Å². The van der Waals surface area contributed by atoms with Gasteiger partial charge in [0.1, 0.15) is 11.8 Å². The van der Waals surface area contributed by atoms with E-state index in [2.05, 4.69) is 20.2 Å². The molecule has 9 rings (SSSR count). The lowest BCUT2D eigenvalue weighted by molar-refractivity contribution is -0.136. The number of benzene rings is 3. The lowest BCUT2D eigenvalue weighted by Crippen LogP contribution is -2.54. The number of aryl methyl sites for hydroxylation is 3. The summed E-state index contributed by atoms with van der Waals surface area (Å²) < 4.78 is 39.1. The van der Waals surface area contributed by atoms with Crippen molar-refractivity contribution in [2.45, 2.75) is 64.0 Å². The largest absolute Gasteiger partial charge is 0.497 e. The number of pyridine rings is 1. The second-order valence-corrected chi connectivity index (χ2v) is 15.5. The highest BCUT2D eigenvalue weighted by molar-refractivity contribution is 6.23. The molecule has 5 aromatic rings. The average molecular weight is 790 g/mol. The summed E-state index contributed by atoms with van der Waals surface area (Å²) in [6.07, 6.45) is 3.91. The maximum Gasteiger partial charge on any atom is 0.264 e. The molecule has 3 aromatic carbocycles. The molecule has 6 heterocycles. The molecule has 0 saturated carbocycles. The molecule has 0 bridgehead atoms. The SMILES string of the molecule is COc1cc(N2CCCc3cc(-c4cnn(C5CCCN(c6ccc7c(c6)C(=O)N(C6CCC(=O)NC6=O)C7=O)C5)c4)c(C(F)F)cc32)c2cc(C)c(=O)n(C)c2c1. The van der Waals surface area contributed by atoms with Gasteiger partial charge in [-0.05, 0) is 86.6 Å². The topological polar surface area (TPSA) is 139 Å². The Bertz CT molecular complexity index is 2640. The van der Waals surface area contributed by atoms with Crippen molar-refractivity contribution >= 4 is 51.6 Å². The third-order valence-corrected chi connectivity index (χ3v) is 12.1. The number of carbonyl (C=O) groups excluding carboxylic acids is 4. The van der Waals surface area contributed by atoms with Crippen LogP contribution in [0.1, 0.15) is 82.0 Å². The van der Waals surface area contributed by atoms with Crippen molar-refractivity contribution in [2.75, 3.05) is 36.5 Å². The van der Waals surface area contributed by atoms with Crippen molar-refractivity contribution in [1.29, 1.82) is 0 Å². The van der Waals surface area contributed by atoms with Crippen molar-refractivity contribution < 1.29 is 32.7 Å². The third kappa shape index (κ3) is 6.10. The van der Waals surface area contributed by atoms with Gasteiger partial charge in [-0.3, -0.25) is 38.9 Å². The lowest BCUT2D eigenvalue weighted by atomic mass is 9.92. The van der Waals surface area contributed by atoms with E-state index in [1.54, 1.807) is 56.1 Å². The number of alkyl halides is 2. The fraction of sp³-hybridized carbons (Fsp3) is 0.349. The number of piperidine rings is 2. The van der Waals surface area contributed by atoms with E-state index in [0.29, 0.717) is 59.7 Å². The van der Waals surface area contributed by atoms with Gasteiger partial charge in [0, 0.05) is 84.9 Å². The summed E-state index contributed by atoms with van der Waals surface area (Å²) in [5.41, 5.74) is 5.62. The Morgan fingerprint density at radius 2 is 1.69 bits per heavy atom. The zero-order valence-electron chi connectivity index (χ0n) is 32.3. The molecular weight excluding hydrogens is 749 g/mol. The Kier molecular flexibility index (Phi) is 9.12. The molecule has 1 N–H and O–H groups in total. The first-order valence-corrected chi connectivity index (χ1v) is 19.5. The molecule has 0 radical (unpaired) electrons. The van der Waals surface area contributed by atoms with Crippen LogP contribution in [0.15, 0.2) is 65.7 Å². The highest BCUT2D eigenvalue weighted by Crippen LogP contribution is 2.44. The van der Waals surface area contributed by atoms with Crippen LogP contribution in [0, 0.1) is 6.92 Å². The molecule has 2 unspecified atom stereocenters. The monoisotopic (exact) mass is 789 g/mol. The van der Waals surface area contributed by atoms with Gasteiger partial charge in [-0.1, -0.05) is 0 Å². The summed E-state index contributed by atoms with van der Waals surface area (Å²) >= 11 is 0. The predicted octanol–water partition coefficient (Wildman–Crippen LogP) is 5.98. The number of nitrogens with zero attached hydrogens (tertiary/aromatic N) is 6. The maximum absolute atomic E-state index is 15.1. The van der Waals surface area contributed by atoms with Crippen LogP contribution in [0.5, 0.6) is 5.75 Å². The van der Waals surface area contributed by atoms with Gasteiger partial charge in [0.25, 0.3) is 23.8 Å². The number of aromatic nitrogens is 3. The summed E-state index contributed by atoms with van der Waals surface area (Å²) in [7, 11) is 3.28. The van der Waals surface area contributed by atoms with Crippen LogP contribution in [0.2, 0.25) is 0 Å². The Balaban J connectivity index is 0.993. The Hall–Kier alpha value is -6.38. The Morgan fingerprint density at radius 1 is 0.879 bits per heavy atom. The van der Waals surface area contributed by atoms with E-state index in [9.17, 15) is 24.0 Å². The minimum atomic E-state index is -2.76.